The number of hydrogen-bond donors (Lipinski definition) is 1. The number of amides is 2. The van der Waals surface area contributed by atoms with Gasteiger partial charge >= 0.3 is 0 Å². The quantitative estimate of drug-likeness (QED) is 0.619. The zero-order chi connectivity index (χ0) is 22.6. The van der Waals surface area contributed by atoms with Gasteiger partial charge in [-0.05, 0) is 48.1 Å². The van der Waals surface area contributed by atoms with Crippen LogP contribution in [-0.2, 0) is 11.3 Å². The number of hydrogen-bond acceptors (Lipinski definition) is 4. The van der Waals surface area contributed by atoms with E-state index in [0.29, 0.717) is 11.4 Å². The van der Waals surface area contributed by atoms with E-state index in [2.05, 4.69) is 15.1 Å². The molecule has 0 spiro atoms. The van der Waals surface area contributed by atoms with E-state index in [-0.39, 0.29) is 17.9 Å². The fourth-order valence-corrected chi connectivity index (χ4v) is 4.82. The summed E-state index contributed by atoms with van der Waals surface area (Å²) in [5.74, 6) is 0.0885. The van der Waals surface area contributed by atoms with Crippen LogP contribution < -0.4 is 10.2 Å². The van der Waals surface area contributed by atoms with Crippen molar-refractivity contribution < 1.29 is 9.59 Å². The molecule has 168 valence electrons. The molecule has 1 heterocycles. The van der Waals surface area contributed by atoms with Gasteiger partial charge in [-0.1, -0.05) is 46.1 Å². The Hall–Kier alpha value is -2.34. The van der Waals surface area contributed by atoms with Gasteiger partial charge in [-0.2, -0.15) is 0 Å². The Morgan fingerprint density at radius 3 is 2.39 bits per heavy atom. The van der Waals surface area contributed by atoms with Crippen LogP contribution in [0.3, 0.4) is 0 Å². The normalized spacial score (nSPS) is 14.9. The summed E-state index contributed by atoms with van der Waals surface area (Å²) in [6, 6.07) is 9.95. The summed E-state index contributed by atoms with van der Waals surface area (Å²) in [6.45, 7) is 6.54. The second-order valence-corrected chi connectivity index (χ2v) is 10.6. The summed E-state index contributed by atoms with van der Waals surface area (Å²) in [4.78, 5) is 30.8. The SMILES string of the molecule is CN(C)c1ccc(NC(=O)c2cccs2)cc1CN(C(=O)C(C)(C)C)C1CCCCC1. The Kier molecular flexibility index (Phi) is 7.42. The van der Waals surface area contributed by atoms with Crippen LogP contribution in [-0.4, -0.2) is 36.9 Å². The van der Waals surface area contributed by atoms with Crippen molar-refractivity contribution in [1.82, 2.24) is 4.90 Å². The minimum Gasteiger partial charge on any atom is -0.377 e. The van der Waals surface area contributed by atoms with Gasteiger partial charge in [0.2, 0.25) is 5.91 Å². The Morgan fingerprint density at radius 1 is 1.10 bits per heavy atom. The number of thiophene rings is 1. The van der Waals surface area contributed by atoms with Gasteiger partial charge in [-0.3, -0.25) is 9.59 Å². The topological polar surface area (TPSA) is 52.7 Å². The smallest absolute Gasteiger partial charge is 0.265 e. The molecule has 2 aromatic rings. The Balaban J connectivity index is 1.91. The second-order valence-electron chi connectivity index (χ2n) is 9.64. The fourth-order valence-electron chi connectivity index (χ4n) is 4.20. The maximum atomic E-state index is 13.4. The molecule has 0 radical (unpaired) electrons. The summed E-state index contributed by atoms with van der Waals surface area (Å²) in [5, 5.41) is 4.91. The van der Waals surface area contributed by atoms with Crippen molar-refractivity contribution in [2.75, 3.05) is 24.3 Å². The predicted octanol–water partition coefficient (Wildman–Crippen LogP) is 5.77. The van der Waals surface area contributed by atoms with Crippen LogP contribution >= 0.6 is 11.3 Å². The molecule has 1 saturated carbocycles. The molecule has 1 aromatic heterocycles. The first-order valence-electron chi connectivity index (χ1n) is 11.1. The van der Waals surface area contributed by atoms with Crippen LogP contribution in [0.25, 0.3) is 0 Å². The van der Waals surface area contributed by atoms with E-state index in [0.717, 1.165) is 29.8 Å². The summed E-state index contributed by atoms with van der Waals surface area (Å²) < 4.78 is 0. The third kappa shape index (κ3) is 5.88. The number of nitrogens with one attached hydrogen (secondary N) is 1. The number of rotatable bonds is 6. The lowest BCUT2D eigenvalue weighted by Crippen LogP contribution is -2.46. The van der Waals surface area contributed by atoms with Crippen molar-refractivity contribution in [3.63, 3.8) is 0 Å². The van der Waals surface area contributed by atoms with Gasteiger partial charge in [-0.15, -0.1) is 11.3 Å². The molecule has 1 aromatic carbocycles. The molecule has 0 atom stereocenters. The monoisotopic (exact) mass is 441 g/mol. The Labute approximate surface area is 190 Å². The van der Waals surface area contributed by atoms with Crippen LogP contribution in [0.2, 0.25) is 0 Å². The Morgan fingerprint density at radius 2 is 1.81 bits per heavy atom. The molecule has 31 heavy (non-hydrogen) atoms. The standard InChI is InChI=1S/C25H35N3O2S/c1-25(2,3)24(30)28(20-10-7-6-8-11-20)17-18-16-19(13-14-21(18)27(4)5)26-23(29)22-12-9-15-31-22/h9,12-16,20H,6-8,10-11,17H2,1-5H3,(H,26,29). The molecule has 1 aliphatic carbocycles. The van der Waals surface area contributed by atoms with Crippen LogP contribution in [0.1, 0.15) is 68.1 Å². The molecule has 0 saturated heterocycles. The van der Waals surface area contributed by atoms with Gasteiger partial charge in [0.05, 0.1) is 4.88 Å². The largest absolute Gasteiger partial charge is 0.377 e. The molecule has 1 fully saturated rings. The molecule has 1 N–H and O–H groups in total. The van der Waals surface area contributed by atoms with E-state index in [1.807, 2.05) is 70.6 Å². The first-order chi connectivity index (χ1) is 14.7. The van der Waals surface area contributed by atoms with Crippen LogP contribution in [0.5, 0.6) is 0 Å². The summed E-state index contributed by atoms with van der Waals surface area (Å²) >= 11 is 1.43. The lowest BCUT2D eigenvalue weighted by atomic mass is 9.89. The number of carbonyl (C=O) groups is 2. The summed E-state index contributed by atoms with van der Waals surface area (Å²) in [5.41, 5.74) is 2.44. The van der Waals surface area contributed by atoms with Gasteiger partial charge < -0.3 is 15.1 Å². The third-order valence-corrected chi connectivity index (χ3v) is 6.69. The molecule has 3 rings (SSSR count). The number of carbonyl (C=O) groups excluding carboxylic acids is 2. The van der Waals surface area contributed by atoms with Gasteiger partial charge in [0.15, 0.2) is 0 Å². The highest BCUT2D eigenvalue weighted by Gasteiger charge is 2.33. The number of benzene rings is 1. The molecule has 0 unspecified atom stereocenters. The molecular formula is C25H35N3O2S. The summed E-state index contributed by atoms with van der Waals surface area (Å²) in [6.07, 6.45) is 5.73. The molecule has 0 aliphatic heterocycles. The molecule has 6 heteroatoms. The van der Waals surface area contributed by atoms with Gasteiger partial charge in [0.25, 0.3) is 5.91 Å². The van der Waals surface area contributed by atoms with E-state index in [1.165, 1.54) is 30.6 Å². The molecule has 5 nitrogen and oxygen atoms in total. The second kappa shape index (κ2) is 9.86. The van der Waals surface area contributed by atoms with Gasteiger partial charge in [-0.25, -0.2) is 0 Å². The van der Waals surface area contributed by atoms with Crippen LogP contribution in [0.4, 0.5) is 11.4 Å². The van der Waals surface area contributed by atoms with E-state index in [9.17, 15) is 9.59 Å². The zero-order valence-electron chi connectivity index (χ0n) is 19.4. The maximum absolute atomic E-state index is 13.4. The van der Waals surface area contributed by atoms with E-state index in [1.54, 1.807) is 0 Å². The lowest BCUT2D eigenvalue weighted by Gasteiger charge is -2.39. The lowest BCUT2D eigenvalue weighted by molar-refractivity contribution is -0.143. The van der Waals surface area contributed by atoms with Gasteiger partial charge in [0, 0.05) is 43.5 Å². The predicted molar refractivity (Wildman–Crippen MR) is 130 cm³/mol. The number of nitrogens with zero attached hydrogens (tertiary/aromatic N) is 2. The van der Waals surface area contributed by atoms with Crippen molar-refractivity contribution in [1.29, 1.82) is 0 Å². The molecule has 1 aliphatic rings. The van der Waals surface area contributed by atoms with E-state index >= 15 is 0 Å². The molecular weight excluding hydrogens is 406 g/mol. The van der Waals surface area contributed by atoms with Crippen molar-refractivity contribution >= 4 is 34.5 Å². The molecule has 2 amide bonds. The summed E-state index contributed by atoms with van der Waals surface area (Å²) in [7, 11) is 4.03. The highest BCUT2D eigenvalue weighted by atomic mass is 32.1. The Bertz CT molecular complexity index is 894. The van der Waals surface area contributed by atoms with E-state index < -0.39 is 5.41 Å². The van der Waals surface area contributed by atoms with Crippen molar-refractivity contribution in [3.05, 3.63) is 46.2 Å². The van der Waals surface area contributed by atoms with Crippen molar-refractivity contribution in [3.8, 4) is 0 Å². The zero-order valence-corrected chi connectivity index (χ0v) is 20.2. The van der Waals surface area contributed by atoms with Gasteiger partial charge in [0.1, 0.15) is 0 Å². The first-order valence-corrected chi connectivity index (χ1v) is 12.0. The highest BCUT2D eigenvalue weighted by Crippen LogP contribution is 2.32. The minimum atomic E-state index is -0.430. The van der Waals surface area contributed by atoms with Crippen molar-refractivity contribution in [2.45, 2.75) is 65.5 Å². The van der Waals surface area contributed by atoms with Crippen LogP contribution in [0.15, 0.2) is 35.7 Å². The number of anilines is 2. The minimum absolute atomic E-state index is 0.103. The average molecular weight is 442 g/mol. The fraction of sp³-hybridized carbons (Fsp3) is 0.520. The van der Waals surface area contributed by atoms with Crippen LogP contribution in [0, 0.1) is 5.41 Å². The third-order valence-electron chi connectivity index (χ3n) is 5.82. The van der Waals surface area contributed by atoms with Crippen molar-refractivity contribution in [2.24, 2.45) is 5.41 Å². The maximum Gasteiger partial charge on any atom is 0.265 e. The highest BCUT2D eigenvalue weighted by molar-refractivity contribution is 7.12. The van der Waals surface area contributed by atoms with E-state index in [4.69, 9.17) is 0 Å². The average Bonchev–Trinajstić information content (AvgIpc) is 3.26. The first kappa shape index (κ1) is 23.3. The molecule has 0 bridgehead atoms.